The van der Waals surface area contributed by atoms with Crippen molar-refractivity contribution in [3.8, 4) is 0 Å². The predicted molar refractivity (Wildman–Crippen MR) is 95.5 cm³/mol. The first kappa shape index (κ1) is 18.5. The van der Waals surface area contributed by atoms with Crippen LogP contribution < -0.4 is 5.32 Å². The number of nitrogens with zero attached hydrogens (tertiary/aromatic N) is 2. The van der Waals surface area contributed by atoms with Crippen LogP contribution in [0.3, 0.4) is 0 Å². The SMILES string of the molecule is CC(NC(=O)C(C)(C)C)C(=O)N1CCN(C)CC1c1ccccc1. The lowest BCUT2D eigenvalue weighted by Crippen LogP contribution is -2.55. The number of likely N-dealkylation sites (N-methyl/N-ethyl adjacent to an activating group) is 1. The molecule has 0 aromatic heterocycles. The summed E-state index contributed by atoms with van der Waals surface area (Å²) in [4.78, 5) is 29.3. The number of piperazine rings is 1. The third-order valence-corrected chi connectivity index (χ3v) is 4.45. The van der Waals surface area contributed by atoms with Crippen molar-refractivity contribution in [1.82, 2.24) is 15.1 Å². The molecule has 0 aliphatic carbocycles. The predicted octanol–water partition coefficient (Wildman–Crippen LogP) is 2.05. The van der Waals surface area contributed by atoms with Crippen LogP contribution in [-0.2, 0) is 9.59 Å². The largest absolute Gasteiger partial charge is 0.344 e. The van der Waals surface area contributed by atoms with Crippen LogP contribution in [0.5, 0.6) is 0 Å². The van der Waals surface area contributed by atoms with Crippen LogP contribution in [-0.4, -0.2) is 54.3 Å². The Morgan fingerprint density at radius 1 is 1.17 bits per heavy atom. The Morgan fingerprint density at radius 3 is 2.38 bits per heavy atom. The van der Waals surface area contributed by atoms with E-state index in [9.17, 15) is 9.59 Å². The highest BCUT2D eigenvalue weighted by molar-refractivity contribution is 5.89. The van der Waals surface area contributed by atoms with Gasteiger partial charge in [0.1, 0.15) is 6.04 Å². The minimum atomic E-state index is -0.522. The Kier molecular flexibility index (Phi) is 5.65. The van der Waals surface area contributed by atoms with Crippen molar-refractivity contribution in [2.24, 2.45) is 5.41 Å². The first-order valence-electron chi connectivity index (χ1n) is 8.55. The lowest BCUT2D eigenvalue weighted by Gasteiger charge is -2.41. The molecule has 2 atom stereocenters. The average molecular weight is 331 g/mol. The highest BCUT2D eigenvalue weighted by atomic mass is 16.2. The van der Waals surface area contributed by atoms with Gasteiger partial charge in [0.15, 0.2) is 0 Å². The van der Waals surface area contributed by atoms with Gasteiger partial charge in [-0.1, -0.05) is 51.1 Å². The molecule has 24 heavy (non-hydrogen) atoms. The summed E-state index contributed by atoms with van der Waals surface area (Å²) in [7, 11) is 2.07. The number of carbonyl (C=O) groups is 2. The molecule has 2 amide bonds. The lowest BCUT2D eigenvalue weighted by molar-refractivity contribution is -0.141. The van der Waals surface area contributed by atoms with Crippen LogP contribution in [0.4, 0.5) is 0 Å². The molecule has 1 saturated heterocycles. The molecular formula is C19H29N3O2. The number of benzene rings is 1. The summed E-state index contributed by atoms with van der Waals surface area (Å²) < 4.78 is 0. The second-order valence-corrected chi connectivity index (χ2v) is 7.67. The van der Waals surface area contributed by atoms with Gasteiger partial charge in [0.25, 0.3) is 0 Å². The Labute approximate surface area is 145 Å². The van der Waals surface area contributed by atoms with Crippen LogP contribution in [0, 0.1) is 5.41 Å². The first-order valence-corrected chi connectivity index (χ1v) is 8.55. The second kappa shape index (κ2) is 7.34. The van der Waals surface area contributed by atoms with Crippen LogP contribution in [0.25, 0.3) is 0 Å². The third-order valence-electron chi connectivity index (χ3n) is 4.45. The third kappa shape index (κ3) is 4.35. The van der Waals surface area contributed by atoms with Gasteiger partial charge < -0.3 is 15.1 Å². The summed E-state index contributed by atoms with van der Waals surface area (Å²) >= 11 is 0. The Hall–Kier alpha value is -1.88. The minimum Gasteiger partial charge on any atom is -0.344 e. The summed E-state index contributed by atoms with van der Waals surface area (Å²) in [5, 5.41) is 2.86. The first-order chi connectivity index (χ1) is 11.2. The molecule has 0 saturated carbocycles. The van der Waals surface area contributed by atoms with Gasteiger partial charge >= 0.3 is 0 Å². The molecule has 1 aromatic carbocycles. The summed E-state index contributed by atoms with van der Waals surface area (Å²) in [6, 6.07) is 9.59. The average Bonchev–Trinajstić information content (AvgIpc) is 2.54. The molecule has 0 spiro atoms. The monoisotopic (exact) mass is 331 g/mol. The van der Waals surface area contributed by atoms with E-state index in [1.54, 1.807) is 6.92 Å². The Morgan fingerprint density at radius 2 is 1.79 bits per heavy atom. The quantitative estimate of drug-likeness (QED) is 0.922. The molecule has 0 radical (unpaired) electrons. The van der Waals surface area contributed by atoms with Gasteiger partial charge in [-0.2, -0.15) is 0 Å². The van der Waals surface area contributed by atoms with Crippen molar-refractivity contribution < 1.29 is 9.59 Å². The maximum absolute atomic E-state index is 12.9. The van der Waals surface area contributed by atoms with E-state index in [4.69, 9.17) is 0 Å². The normalized spacial score (nSPS) is 20.5. The fourth-order valence-electron chi connectivity index (χ4n) is 2.87. The topological polar surface area (TPSA) is 52.7 Å². The molecule has 1 aromatic rings. The fourth-order valence-corrected chi connectivity index (χ4v) is 2.87. The lowest BCUT2D eigenvalue weighted by atomic mass is 9.95. The van der Waals surface area contributed by atoms with E-state index >= 15 is 0 Å². The van der Waals surface area contributed by atoms with Gasteiger partial charge in [0.2, 0.25) is 11.8 Å². The van der Waals surface area contributed by atoms with Gasteiger partial charge in [-0.25, -0.2) is 0 Å². The number of nitrogens with one attached hydrogen (secondary N) is 1. The molecule has 2 unspecified atom stereocenters. The second-order valence-electron chi connectivity index (χ2n) is 7.67. The molecule has 0 bridgehead atoms. The number of rotatable bonds is 3. The molecule has 1 N–H and O–H groups in total. The van der Waals surface area contributed by atoms with Crippen LogP contribution in [0.15, 0.2) is 30.3 Å². The molecule has 1 aliphatic heterocycles. The van der Waals surface area contributed by atoms with Crippen LogP contribution in [0.2, 0.25) is 0 Å². The molecule has 1 heterocycles. The number of hydrogen-bond acceptors (Lipinski definition) is 3. The number of carbonyl (C=O) groups excluding carboxylic acids is 2. The zero-order chi connectivity index (χ0) is 17.9. The Balaban J connectivity index is 2.15. The smallest absolute Gasteiger partial charge is 0.245 e. The summed E-state index contributed by atoms with van der Waals surface area (Å²) in [5.74, 6) is -0.122. The van der Waals surface area contributed by atoms with Crippen molar-refractivity contribution >= 4 is 11.8 Å². The highest BCUT2D eigenvalue weighted by Gasteiger charge is 2.34. The van der Waals surface area contributed by atoms with E-state index in [1.807, 2.05) is 43.9 Å². The van der Waals surface area contributed by atoms with Gasteiger partial charge in [-0.3, -0.25) is 9.59 Å². The Bertz CT molecular complexity index is 580. The maximum atomic E-state index is 12.9. The zero-order valence-electron chi connectivity index (χ0n) is 15.4. The van der Waals surface area contributed by atoms with E-state index in [2.05, 4.69) is 29.4 Å². The van der Waals surface area contributed by atoms with Gasteiger partial charge in [0, 0.05) is 25.0 Å². The van der Waals surface area contributed by atoms with Crippen molar-refractivity contribution in [1.29, 1.82) is 0 Å². The van der Waals surface area contributed by atoms with Crippen LogP contribution >= 0.6 is 0 Å². The van der Waals surface area contributed by atoms with Crippen molar-refractivity contribution in [2.75, 3.05) is 26.7 Å². The van der Waals surface area contributed by atoms with E-state index in [0.717, 1.165) is 18.7 Å². The summed E-state index contributed by atoms with van der Waals surface area (Å²) in [5.41, 5.74) is 0.627. The van der Waals surface area contributed by atoms with E-state index in [1.165, 1.54) is 0 Å². The van der Waals surface area contributed by atoms with Gasteiger partial charge in [-0.15, -0.1) is 0 Å². The molecule has 132 valence electrons. The van der Waals surface area contributed by atoms with Crippen molar-refractivity contribution in [2.45, 2.75) is 39.8 Å². The molecule has 5 heteroatoms. The van der Waals surface area contributed by atoms with E-state index in [-0.39, 0.29) is 17.9 Å². The number of amides is 2. The maximum Gasteiger partial charge on any atom is 0.245 e. The van der Waals surface area contributed by atoms with Crippen molar-refractivity contribution in [3.63, 3.8) is 0 Å². The van der Waals surface area contributed by atoms with Gasteiger partial charge in [-0.05, 0) is 19.5 Å². The number of hydrogen-bond donors (Lipinski definition) is 1. The van der Waals surface area contributed by atoms with Gasteiger partial charge in [0.05, 0.1) is 6.04 Å². The van der Waals surface area contributed by atoms with Crippen LogP contribution in [0.1, 0.15) is 39.3 Å². The van der Waals surface area contributed by atoms with E-state index < -0.39 is 11.5 Å². The van der Waals surface area contributed by atoms with Crippen molar-refractivity contribution in [3.05, 3.63) is 35.9 Å². The summed E-state index contributed by atoms with van der Waals surface area (Å²) in [6.07, 6.45) is 0. The van der Waals surface area contributed by atoms with E-state index in [0.29, 0.717) is 6.54 Å². The molecule has 1 fully saturated rings. The zero-order valence-corrected chi connectivity index (χ0v) is 15.4. The highest BCUT2D eigenvalue weighted by Crippen LogP contribution is 2.25. The minimum absolute atomic E-state index is 0.0189. The standard InChI is InChI=1S/C19H29N3O2/c1-14(20-18(24)19(2,3)4)17(23)22-12-11-21(5)13-16(22)15-9-7-6-8-10-15/h6-10,14,16H,11-13H2,1-5H3,(H,20,24). The molecule has 5 nitrogen and oxygen atoms in total. The molecule has 1 aliphatic rings. The molecular weight excluding hydrogens is 302 g/mol. The fraction of sp³-hybridized carbons (Fsp3) is 0.579. The summed E-state index contributed by atoms with van der Waals surface area (Å²) in [6.45, 7) is 9.63. The molecule has 2 rings (SSSR count).